The van der Waals surface area contributed by atoms with Gasteiger partial charge in [0.15, 0.2) is 0 Å². The van der Waals surface area contributed by atoms with E-state index in [1.807, 2.05) is 58.9 Å². The Morgan fingerprint density at radius 1 is 1.21 bits per heavy atom. The predicted molar refractivity (Wildman–Crippen MR) is 112 cm³/mol. The molecule has 152 valence electrons. The molecular formula is C23H26N2O4. The first-order valence-corrected chi connectivity index (χ1v) is 9.62. The molecule has 29 heavy (non-hydrogen) atoms. The number of carbonyl (C=O) groups is 2. The zero-order chi connectivity index (χ0) is 21.3. The molecule has 0 fully saturated rings. The Kier molecular flexibility index (Phi) is 5.46. The fourth-order valence-corrected chi connectivity index (χ4v) is 3.40. The minimum absolute atomic E-state index is 0.299. The van der Waals surface area contributed by atoms with E-state index < -0.39 is 5.97 Å². The normalized spacial score (nSPS) is 15.4. The number of oxime groups is 1. The first-order valence-electron chi connectivity index (χ1n) is 9.62. The Bertz CT molecular complexity index is 1020. The smallest absolute Gasteiger partial charge is 0.367 e. The molecule has 2 heterocycles. The largest absolute Gasteiger partial charge is 0.462 e. The highest BCUT2D eigenvalue weighted by molar-refractivity contribution is 6.26. The minimum Gasteiger partial charge on any atom is -0.462 e. The van der Waals surface area contributed by atoms with Crippen LogP contribution in [0.25, 0.3) is 11.8 Å². The summed E-state index contributed by atoms with van der Waals surface area (Å²) in [6.45, 7) is 12.1. The Balaban J connectivity index is 1.98. The van der Waals surface area contributed by atoms with Gasteiger partial charge in [-0.25, -0.2) is 9.59 Å². The topological polar surface area (TPSA) is 69.9 Å². The van der Waals surface area contributed by atoms with Crippen molar-refractivity contribution in [2.75, 3.05) is 6.61 Å². The molecule has 2 aromatic rings. The highest BCUT2D eigenvalue weighted by atomic mass is 16.7. The third kappa shape index (κ3) is 4.01. The van der Waals surface area contributed by atoms with Crippen molar-refractivity contribution in [3.8, 4) is 5.69 Å². The van der Waals surface area contributed by atoms with Gasteiger partial charge in [0.1, 0.15) is 5.71 Å². The number of aryl methyl sites for hydroxylation is 1. The van der Waals surface area contributed by atoms with E-state index in [2.05, 4.69) is 9.72 Å². The lowest BCUT2D eigenvalue weighted by Crippen LogP contribution is -2.21. The summed E-state index contributed by atoms with van der Waals surface area (Å²) in [6.07, 6.45) is 1.84. The first kappa shape index (κ1) is 20.6. The van der Waals surface area contributed by atoms with Crippen molar-refractivity contribution >= 4 is 23.7 Å². The third-order valence-corrected chi connectivity index (χ3v) is 4.81. The van der Waals surface area contributed by atoms with Crippen LogP contribution in [0.2, 0.25) is 0 Å². The van der Waals surface area contributed by atoms with Gasteiger partial charge in [-0.2, -0.15) is 0 Å². The number of ether oxygens (including phenoxy) is 1. The van der Waals surface area contributed by atoms with E-state index in [1.165, 1.54) is 0 Å². The van der Waals surface area contributed by atoms with E-state index in [4.69, 9.17) is 9.57 Å². The van der Waals surface area contributed by atoms with Gasteiger partial charge in [-0.05, 0) is 62.7 Å². The Morgan fingerprint density at radius 3 is 2.45 bits per heavy atom. The molecule has 0 radical (unpaired) electrons. The van der Waals surface area contributed by atoms with Crippen LogP contribution in [-0.4, -0.2) is 28.8 Å². The van der Waals surface area contributed by atoms with E-state index in [0.717, 1.165) is 22.6 Å². The minimum atomic E-state index is -0.432. The molecule has 1 aliphatic rings. The average molecular weight is 394 g/mol. The van der Waals surface area contributed by atoms with Crippen molar-refractivity contribution in [2.24, 2.45) is 10.6 Å². The molecule has 0 spiro atoms. The molecular weight excluding hydrogens is 368 g/mol. The zero-order valence-electron chi connectivity index (χ0n) is 17.7. The first-order chi connectivity index (χ1) is 13.6. The Hall–Kier alpha value is -3.15. The molecule has 6 heteroatoms. The van der Waals surface area contributed by atoms with Gasteiger partial charge in [-0.1, -0.05) is 25.9 Å². The Labute approximate surface area is 170 Å². The summed E-state index contributed by atoms with van der Waals surface area (Å²) in [6, 6.07) is 9.30. The molecule has 1 aliphatic heterocycles. The number of benzene rings is 1. The molecule has 0 bridgehead atoms. The van der Waals surface area contributed by atoms with Crippen LogP contribution >= 0.6 is 0 Å². The molecule has 0 N–H and O–H groups in total. The van der Waals surface area contributed by atoms with Crippen molar-refractivity contribution in [1.29, 1.82) is 0 Å². The molecule has 1 aromatic carbocycles. The molecule has 6 nitrogen and oxygen atoms in total. The van der Waals surface area contributed by atoms with E-state index >= 15 is 0 Å². The van der Waals surface area contributed by atoms with Crippen molar-refractivity contribution in [3.05, 3.63) is 58.4 Å². The number of rotatable bonds is 4. The summed E-state index contributed by atoms with van der Waals surface area (Å²) >= 11 is 0. The molecule has 0 unspecified atom stereocenters. The van der Waals surface area contributed by atoms with Crippen LogP contribution < -0.4 is 0 Å². The molecule has 0 atom stereocenters. The van der Waals surface area contributed by atoms with E-state index in [-0.39, 0.29) is 11.4 Å². The number of nitrogens with zero attached hydrogens (tertiary/aromatic N) is 2. The van der Waals surface area contributed by atoms with Crippen LogP contribution in [-0.2, 0) is 14.4 Å². The molecule has 1 aromatic heterocycles. The number of hydrogen-bond donors (Lipinski definition) is 0. The summed E-state index contributed by atoms with van der Waals surface area (Å²) in [5.41, 5.74) is 5.18. The lowest BCUT2D eigenvalue weighted by molar-refractivity contribution is -0.136. The van der Waals surface area contributed by atoms with Gasteiger partial charge in [0.25, 0.3) is 0 Å². The highest BCUT2D eigenvalue weighted by Gasteiger charge is 2.34. The Morgan fingerprint density at radius 2 is 1.86 bits per heavy atom. The summed E-state index contributed by atoms with van der Waals surface area (Å²) in [7, 11) is 0. The van der Waals surface area contributed by atoms with E-state index in [1.54, 1.807) is 19.1 Å². The van der Waals surface area contributed by atoms with Crippen LogP contribution in [0.3, 0.4) is 0 Å². The second-order valence-electron chi connectivity index (χ2n) is 8.06. The average Bonchev–Trinajstić information content (AvgIpc) is 3.15. The van der Waals surface area contributed by atoms with Crippen LogP contribution in [0.5, 0.6) is 0 Å². The lowest BCUT2D eigenvalue weighted by Gasteiger charge is -2.16. The summed E-state index contributed by atoms with van der Waals surface area (Å²) in [5, 5.41) is 3.97. The predicted octanol–water partition coefficient (Wildman–Crippen LogP) is 4.61. The van der Waals surface area contributed by atoms with Gasteiger partial charge in [-0.15, -0.1) is 0 Å². The van der Waals surface area contributed by atoms with Gasteiger partial charge in [-0.3, -0.25) is 0 Å². The monoisotopic (exact) mass is 394 g/mol. The number of carbonyl (C=O) groups excluding carboxylic acids is 2. The van der Waals surface area contributed by atoms with Crippen molar-refractivity contribution in [1.82, 2.24) is 4.57 Å². The van der Waals surface area contributed by atoms with Gasteiger partial charge in [0.05, 0.1) is 17.7 Å². The number of aromatic nitrogens is 1. The van der Waals surface area contributed by atoms with E-state index in [0.29, 0.717) is 23.5 Å². The SMILES string of the molecule is CCOC(=O)c1ccc(-n2c(C)cc(/C=C3/C(=O)ON=C3C(C)(C)C)c2C)cc1. The van der Waals surface area contributed by atoms with Crippen molar-refractivity contribution in [2.45, 2.75) is 41.5 Å². The molecule has 0 amide bonds. The number of esters is 1. The second-order valence-corrected chi connectivity index (χ2v) is 8.06. The van der Waals surface area contributed by atoms with Crippen LogP contribution in [0.1, 0.15) is 55.0 Å². The maximum absolute atomic E-state index is 12.2. The summed E-state index contributed by atoms with van der Waals surface area (Å²) in [4.78, 5) is 29.0. The fraction of sp³-hybridized carbons (Fsp3) is 0.348. The standard InChI is InChI=1S/C23H26N2O4/c1-7-28-21(26)16-8-10-18(11-9-16)25-14(2)12-17(15(25)3)13-19-20(23(4,5)6)24-29-22(19)27/h8-13H,7H2,1-6H3/b19-13+. The molecule has 0 saturated carbocycles. The molecule has 0 aliphatic carbocycles. The quantitative estimate of drug-likeness (QED) is 0.431. The van der Waals surface area contributed by atoms with Gasteiger partial charge < -0.3 is 14.1 Å². The number of hydrogen-bond acceptors (Lipinski definition) is 5. The van der Waals surface area contributed by atoms with Gasteiger partial charge >= 0.3 is 11.9 Å². The molecule has 3 rings (SSSR count). The van der Waals surface area contributed by atoms with Crippen molar-refractivity contribution < 1.29 is 19.2 Å². The lowest BCUT2D eigenvalue weighted by atomic mass is 9.85. The summed E-state index contributed by atoms with van der Waals surface area (Å²) < 4.78 is 7.12. The zero-order valence-corrected chi connectivity index (χ0v) is 17.7. The van der Waals surface area contributed by atoms with Gasteiger partial charge in [0.2, 0.25) is 0 Å². The van der Waals surface area contributed by atoms with Crippen LogP contribution in [0, 0.1) is 19.3 Å². The molecule has 0 saturated heterocycles. The third-order valence-electron chi connectivity index (χ3n) is 4.81. The van der Waals surface area contributed by atoms with E-state index in [9.17, 15) is 9.59 Å². The van der Waals surface area contributed by atoms with Crippen molar-refractivity contribution in [3.63, 3.8) is 0 Å². The van der Waals surface area contributed by atoms with Gasteiger partial charge in [0, 0.05) is 22.5 Å². The second kappa shape index (κ2) is 7.70. The fourth-order valence-electron chi connectivity index (χ4n) is 3.40. The highest BCUT2D eigenvalue weighted by Crippen LogP contribution is 2.30. The maximum Gasteiger partial charge on any atom is 0.367 e. The van der Waals surface area contributed by atoms with Crippen LogP contribution in [0.4, 0.5) is 0 Å². The maximum atomic E-state index is 12.2. The van der Waals surface area contributed by atoms with Crippen LogP contribution in [0.15, 0.2) is 41.1 Å². The summed E-state index contributed by atoms with van der Waals surface area (Å²) in [5.74, 6) is -0.766.